The van der Waals surface area contributed by atoms with E-state index in [-0.39, 0.29) is 11.1 Å². The first kappa shape index (κ1) is 13.1. The van der Waals surface area contributed by atoms with Gasteiger partial charge in [0.25, 0.3) is 0 Å². The van der Waals surface area contributed by atoms with E-state index in [0.29, 0.717) is 11.1 Å². The molecule has 1 aromatic heterocycles. The number of ether oxygens (including phenoxy) is 1. The topological polar surface area (TPSA) is 48.8 Å². The molecule has 3 nitrogen and oxygen atoms in total. The fourth-order valence-electron chi connectivity index (χ4n) is 2.11. The summed E-state index contributed by atoms with van der Waals surface area (Å²) < 4.78 is 33.5. The Kier molecular flexibility index (Phi) is 3.07. The number of rotatable bonds is 2. The summed E-state index contributed by atoms with van der Waals surface area (Å²) in [5.41, 5.74) is 1.53. The van der Waals surface area contributed by atoms with Crippen molar-refractivity contribution in [3.63, 3.8) is 0 Å². The standard InChI is InChI=1S/C16H10F2N2O/c1-9-2-3-11(6-10(9)8-19)21-16-13(17)7-14-12(15(16)18)4-5-20-14/h2-7,20H,1H3. The minimum Gasteiger partial charge on any atom is -0.451 e. The van der Waals surface area contributed by atoms with Crippen LogP contribution < -0.4 is 4.74 Å². The molecule has 0 spiro atoms. The minimum absolute atomic E-state index is 0.213. The van der Waals surface area contributed by atoms with Crippen molar-refractivity contribution in [2.75, 3.05) is 0 Å². The molecule has 3 rings (SSSR count). The molecule has 0 fully saturated rings. The smallest absolute Gasteiger partial charge is 0.199 e. The van der Waals surface area contributed by atoms with E-state index in [1.54, 1.807) is 19.1 Å². The highest BCUT2D eigenvalue weighted by atomic mass is 19.1. The molecule has 104 valence electrons. The van der Waals surface area contributed by atoms with Crippen LogP contribution in [0.2, 0.25) is 0 Å². The molecule has 21 heavy (non-hydrogen) atoms. The number of nitriles is 1. The molecule has 0 radical (unpaired) electrons. The minimum atomic E-state index is -0.804. The lowest BCUT2D eigenvalue weighted by atomic mass is 10.1. The highest BCUT2D eigenvalue weighted by molar-refractivity contribution is 5.82. The summed E-state index contributed by atoms with van der Waals surface area (Å²) in [6.45, 7) is 1.77. The third-order valence-corrected chi connectivity index (χ3v) is 3.25. The predicted octanol–water partition coefficient (Wildman–Crippen LogP) is 4.42. The van der Waals surface area contributed by atoms with Crippen molar-refractivity contribution in [1.82, 2.24) is 4.98 Å². The monoisotopic (exact) mass is 284 g/mol. The Morgan fingerprint density at radius 3 is 2.76 bits per heavy atom. The average molecular weight is 284 g/mol. The van der Waals surface area contributed by atoms with Crippen molar-refractivity contribution in [2.45, 2.75) is 6.92 Å². The van der Waals surface area contributed by atoms with Gasteiger partial charge in [-0.3, -0.25) is 0 Å². The summed E-state index contributed by atoms with van der Waals surface area (Å²) in [5, 5.41) is 9.22. The van der Waals surface area contributed by atoms with Crippen molar-refractivity contribution in [3.8, 4) is 17.6 Å². The molecule has 0 bridgehead atoms. The van der Waals surface area contributed by atoms with Crippen molar-refractivity contribution in [2.24, 2.45) is 0 Å². The number of halogens is 2. The van der Waals surface area contributed by atoms with Gasteiger partial charge in [0, 0.05) is 17.6 Å². The second-order valence-electron chi connectivity index (χ2n) is 4.63. The van der Waals surface area contributed by atoms with Crippen LogP contribution in [0, 0.1) is 29.9 Å². The number of nitrogens with zero attached hydrogens (tertiary/aromatic N) is 1. The van der Waals surface area contributed by atoms with Crippen LogP contribution in [0.3, 0.4) is 0 Å². The summed E-state index contributed by atoms with van der Waals surface area (Å²) in [6, 6.07) is 9.37. The first-order chi connectivity index (χ1) is 10.1. The lowest BCUT2D eigenvalue weighted by Crippen LogP contribution is -1.94. The summed E-state index contributed by atoms with van der Waals surface area (Å²) in [4.78, 5) is 2.74. The zero-order valence-electron chi connectivity index (χ0n) is 11.1. The lowest BCUT2D eigenvalue weighted by molar-refractivity contribution is 0.411. The lowest BCUT2D eigenvalue weighted by Gasteiger charge is -2.09. The van der Waals surface area contributed by atoms with E-state index in [0.717, 1.165) is 5.56 Å². The average Bonchev–Trinajstić information content (AvgIpc) is 2.93. The van der Waals surface area contributed by atoms with Gasteiger partial charge in [-0.2, -0.15) is 5.26 Å². The van der Waals surface area contributed by atoms with Crippen LogP contribution in [0.25, 0.3) is 10.9 Å². The van der Waals surface area contributed by atoms with Crippen LogP contribution >= 0.6 is 0 Å². The highest BCUT2D eigenvalue weighted by Gasteiger charge is 2.17. The molecule has 0 aliphatic rings. The summed E-state index contributed by atoms with van der Waals surface area (Å²) in [7, 11) is 0. The SMILES string of the molecule is Cc1ccc(Oc2c(F)cc3[nH]ccc3c2F)cc1C#N. The molecule has 0 amide bonds. The highest BCUT2D eigenvalue weighted by Crippen LogP contribution is 2.33. The van der Waals surface area contributed by atoms with Crippen molar-refractivity contribution in [3.05, 3.63) is 59.3 Å². The Labute approximate surface area is 119 Å². The molecule has 0 unspecified atom stereocenters. The number of fused-ring (bicyclic) bond motifs is 1. The van der Waals surface area contributed by atoms with Crippen LogP contribution in [0.4, 0.5) is 8.78 Å². The zero-order chi connectivity index (χ0) is 15.0. The molecule has 3 aromatic rings. The molecule has 2 aromatic carbocycles. The number of aryl methyl sites for hydroxylation is 1. The van der Waals surface area contributed by atoms with Crippen LogP contribution in [-0.4, -0.2) is 4.98 Å². The van der Waals surface area contributed by atoms with Crippen LogP contribution in [-0.2, 0) is 0 Å². The van der Waals surface area contributed by atoms with Crippen LogP contribution in [0.5, 0.6) is 11.5 Å². The Bertz CT molecular complexity index is 878. The maximum Gasteiger partial charge on any atom is 0.199 e. The van der Waals surface area contributed by atoms with Gasteiger partial charge >= 0.3 is 0 Å². The van der Waals surface area contributed by atoms with E-state index in [4.69, 9.17) is 10.00 Å². The number of H-pyrrole nitrogens is 1. The van der Waals surface area contributed by atoms with Gasteiger partial charge in [0.15, 0.2) is 17.4 Å². The zero-order valence-corrected chi connectivity index (χ0v) is 11.1. The van der Waals surface area contributed by atoms with Gasteiger partial charge in [-0.25, -0.2) is 8.78 Å². The fourth-order valence-corrected chi connectivity index (χ4v) is 2.11. The fraction of sp³-hybridized carbons (Fsp3) is 0.0625. The van der Waals surface area contributed by atoms with Crippen LogP contribution in [0.1, 0.15) is 11.1 Å². The third-order valence-electron chi connectivity index (χ3n) is 3.25. The molecular formula is C16H10F2N2O. The summed E-state index contributed by atoms with van der Waals surface area (Å²) >= 11 is 0. The Balaban J connectivity index is 2.08. The quantitative estimate of drug-likeness (QED) is 0.757. The number of aromatic amines is 1. The van der Waals surface area contributed by atoms with Gasteiger partial charge in [0.1, 0.15) is 5.75 Å². The normalized spacial score (nSPS) is 10.6. The molecule has 1 heterocycles. The second kappa shape index (κ2) is 4.91. The largest absolute Gasteiger partial charge is 0.451 e. The van der Waals surface area contributed by atoms with Crippen LogP contribution in [0.15, 0.2) is 36.5 Å². The van der Waals surface area contributed by atoms with E-state index in [1.807, 2.05) is 6.07 Å². The Morgan fingerprint density at radius 2 is 2.00 bits per heavy atom. The van der Waals surface area contributed by atoms with Gasteiger partial charge < -0.3 is 9.72 Å². The molecule has 0 saturated carbocycles. The number of hydrogen-bond acceptors (Lipinski definition) is 2. The summed E-state index contributed by atoms with van der Waals surface area (Å²) in [5.74, 6) is -1.84. The molecule has 0 aliphatic carbocycles. The first-order valence-corrected chi connectivity index (χ1v) is 6.24. The van der Waals surface area contributed by atoms with Gasteiger partial charge in [-0.15, -0.1) is 0 Å². The van der Waals surface area contributed by atoms with E-state index in [1.165, 1.54) is 24.4 Å². The number of hydrogen-bond donors (Lipinski definition) is 1. The van der Waals surface area contributed by atoms with Gasteiger partial charge in [0.05, 0.1) is 17.1 Å². The van der Waals surface area contributed by atoms with E-state index >= 15 is 0 Å². The Morgan fingerprint density at radius 1 is 1.19 bits per heavy atom. The van der Waals surface area contributed by atoms with Crippen molar-refractivity contribution >= 4 is 10.9 Å². The summed E-state index contributed by atoms with van der Waals surface area (Å²) in [6.07, 6.45) is 1.52. The van der Waals surface area contributed by atoms with E-state index < -0.39 is 17.4 Å². The molecule has 0 aliphatic heterocycles. The van der Waals surface area contributed by atoms with E-state index in [2.05, 4.69) is 4.98 Å². The number of nitrogens with one attached hydrogen (secondary N) is 1. The number of benzene rings is 2. The van der Waals surface area contributed by atoms with E-state index in [9.17, 15) is 8.78 Å². The first-order valence-electron chi connectivity index (χ1n) is 6.24. The Hall–Kier alpha value is -2.87. The molecule has 1 N–H and O–H groups in total. The molecular weight excluding hydrogens is 274 g/mol. The van der Waals surface area contributed by atoms with Crippen molar-refractivity contribution in [1.29, 1.82) is 5.26 Å². The maximum atomic E-state index is 14.3. The van der Waals surface area contributed by atoms with Gasteiger partial charge in [-0.1, -0.05) is 6.07 Å². The maximum absolute atomic E-state index is 14.3. The van der Waals surface area contributed by atoms with Gasteiger partial charge in [0.2, 0.25) is 0 Å². The second-order valence-corrected chi connectivity index (χ2v) is 4.63. The molecule has 5 heteroatoms. The van der Waals surface area contributed by atoms with Gasteiger partial charge in [-0.05, 0) is 30.7 Å². The van der Waals surface area contributed by atoms with Crippen molar-refractivity contribution < 1.29 is 13.5 Å². The molecule has 0 saturated heterocycles. The predicted molar refractivity (Wildman–Crippen MR) is 74.2 cm³/mol. The molecule has 0 atom stereocenters. The third kappa shape index (κ3) is 2.21. The number of aromatic nitrogens is 1.